The van der Waals surface area contributed by atoms with Crippen LogP contribution in [-0.4, -0.2) is 15.5 Å². The number of halogens is 2. The molecule has 0 saturated carbocycles. The van der Waals surface area contributed by atoms with E-state index < -0.39 is 32.1 Å². The van der Waals surface area contributed by atoms with Gasteiger partial charge in [-0.15, -0.1) is 0 Å². The molecular formula is C14H13F2NO3S. The molecular weight excluding hydrogens is 300 g/mol. The molecule has 0 atom stereocenters. The lowest BCUT2D eigenvalue weighted by atomic mass is 10.2. The number of methoxy groups -OCH3 is 1. The smallest absolute Gasteiger partial charge is 0.188 e. The molecule has 0 aliphatic rings. The van der Waals surface area contributed by atoms with Gasteiger partial charge in [0.05, 0.1) is 12.9 Å². The van der Waals surface area contributed by atoms with Gasteiger partial charge in [0.1, 0.15) is 22.3 Å². The zero-order chi connectivity index (χ0) is 15.6. The number of sulfone groups is 1. The number of hydrogen-bond donors (Lipinski definition) is 1. The van der Waals surface area contributed by atoms with Gasteiger partial charge in [-0.25, -0.2) is 17.2 Å². The molecule has 2 aromatic carbocycles. The SMILES string of the molecule is COc1ccc(CS(=O)(=O)c2c(F)cc(N)cc2F)cc1. The summed E-state index contributed by atoms with van der Waals surface area (Å²) in [5.41, 5.74) is 5.49. The van der Waals surface area contributed by atoms with E-state index in [0.29, 0.717) is 11.3 Å². The lowest BCUT2D eigenvalue weighted by Gasteiger charge is -2.08. The molecule has 0 saturated heterocycles. The van der Waals surface area contributed by atoms with Gasteiger partial charge in [-0.05, 0) is 29.8 Å². The Hall–Kier alpha value is -2.15. The van der Waals surface area contributed by atoms with Crippen LogP contribution in [0.1, 0.15) is 5.56 Å². The van der Waals surface area contributed by atoms with Crippen LogP contribution in [0.15, 0.2) is 41.3 Å². The van der Waals surface area contributed by atoms with Gasteiger partial charge < -0.3 is 10.5 Å². The third-order valence-electron chi connectivity index (χ3n) is 2.85. The lowest BCUT2D eigenvalue weighted by molar-refractivity contribution is 0.414. The van der Waals surface area contributed by atoms with Crippen LogP contribution in [0.3, 0.4) is 0 Å². The summed E-state index contributed by atoms with van der Waals surface area (Å²) in [6.45, 7) is 0. The van der Waals surface area contributed by atoms with E-state index in [-0.39, 0.29) is 5.69 Å². The molecule has 2 rings (SSSR count). The van der Waals surface area contributed by atoms with E-state index >= 15 is 0 Å². The highest BCUT2D eigenvalue weighted by Gasteiger charge is 2.25. The number of benzene rings is 2. The van der Waals surface area contributed by atoms with E-state index in [1.54, 1.807) is 12.1 Å². The third-order valence-corrected chi connectivity index (χ3v) is 4.57. The summed E-state index contributed by atoms with van der Waals surface area (Å²) in [6.07, 6.45) is 0. The third kappa shape index (κ3) is 3.30. The molecule has 0 heterocycles. The maximum Gasteiger partial charge on any atom is 0.188 e. The zero-order valence-electron chi connectivity index (χ0n) is 11.1. The Kier molecular flexibility index (Phi) is 4.13. The molecule has 2 N–H and O–H groups in total. The van der Waals surface area contributed by atoms with Crippen molar-refractivity contribution in [2.45, 2.75) is 10.6 Å². The van der Waals surface area contributed by atoms with Gasteiger partial charge in [-0.3, -0.25) is 0 Å². The summed E-state index contributed by atoms with van der Waals surface area (Å²) in [6, 6.07) is 7.74. The molecule has 4 nitrogen and oxygen atoms in total. The van der Waals surface area contributed by atoms with Crippen LogP contribution in [0.25, 0.3) is 0 Å². The molecule has 7 heteroatoms. The van der Waals surface area contributed by atoms with Crippen LogP contribution >= 0.6 is 0 Å². The fourth-order valence-corrected chi connectivity index (χ4v) is 3.38. The van der Waals surface area contributed by atoms with E-state index in [1.165, 1.54) is 19.2 Å². The summed E-state index contributed by atoms with van der Waals surface area (Å²) >= 11 is 0. The van der Waals surface area contributed by atoms with E-state index in [1.807, 2.05) is 0 Å². The molecule has 21 heavy (non-hydrogen) atoms. The second kappa shape index (κ2) is 5.69. The van der Waals surface area contributed by atoms with Crippen molar-refractivity contribution in [2.75, 3.05) is 12.8 Å². The number of nitrogen functional groups attached to an aromatic ring is 1. The molecule has 0 unspecified atom stereocenters. The Labute approximate surface area is 121 Å². The summed E-state index contributed by atoms with van der Waals surface area (Å²) in [4.78, 5) is -0.965. The minimum atomic E-state index is -4.16. The van der Waals surface area contributed by atoms with Crippen molar-refractivity contribution in [2.24, 2.45) is 0 Å². The van der Waals surface area contributed by atoms with Crippen LogP contribution in [0.2, 0.25) is 0 Å². The first kappa shape index (κ1) is 15.2. The Morgan fingerprint density at radius 3 is 2.10 bits per heavy atom. The van der Waals surface area contributed by atoms with E-state index in [4.69, 9.17) is 10.5 Å². The van der Waals surface area contributed by atoms with Crippen molar-refractivity contribution in [3.05, 3.63) is 53.6 Å². The predicted molar refractivity (Wildman–Crippen MR) is 74.7 cm³/mol. The van der Waals surface area contributed by atoms with Gasteiger partial charge in [0, 0.05) is 5.69 Å². The van der Waals surface area contributed by atoms with Gasteiger partial charge in [-0.2, -0.15) is 0 Å². The van der Waals surface area contributed by atoms with Crippen LogP contribution in [-0.2, 0) is 15.6 Å². The zero-order valence-corrected chi connectivity index (χ0v) is 12.0. The summed E-state index contributed by atoms with van der Waals surface area (Å²) < 4.78 is 56.7. The largest absolute Gasteiger partial charge is 0.497 e. The Balaban J connectivity index is 2.38. The molecule has 2 aromatic rings. The van der Waals surface area contributed by atoms with E-state index in [9.17, 15) is 17.2 Å². The molecule has 112 valence electrons. The maximum absolute atomic E-state index is 13.7. The number of ether oxygens (including phenoxy) is 1. The molecule has 0 radical (unpaired) electrons. The fourth-order valence-electron chi connectivity index (χ4n) is 1.89. The fraction of sp³-hybridized carbons (Fsp3) is 0.143. The first-order chi connectivity index (χ1) is 9.83. The Morgan fingerprint density at radius 1 is 1.10 bits per heavy atom. The first-order valence-corrected chi connectivity index (χ1v) is 7.59. The summed E-state index contributed by atoms with van der Waals surface area (Å²) in [5, 5.41) is 0. The van der Waals surface area contributed by atoms with Gasteiger partial charge in [-0.1, -0.05) is 12.1 Å². The Morgan fingerprint density at radius 2 is 1.62 bits per heavy atom. The monoisotopic (exact) mass is 313 g/mol. The molecule has 0 spiro atoms. The first-order valence-electron chi connectivity index (χ1n) is 5.93. The van der Waals surface area contributed by atoms with Gasteiger partial charge in [0.25, 0.3) is 0 Å². The van der Waals surface area contributed by atoms with Crippen molar-refractivity contribution in [3.63, 3.8) is 0 Å². The van der Waals surface area contributed by atoms with Gasteiger partial charge in [0.15, 0.2) is 9.84 Å². The minimum absolute atomic E-state index is 0.173. The van der Waals surface area contributed by atoms with Crippen LogP contribution in [0.5, 0.6) is 5.75 Å². The Bertz CT molecular complexity index is 735. The molecule has 0 fully saturated rings. The molecule has 0 aliphatic heterocycles. The standard InChI is InChI=1S/C14H13F2NO3S/c1-20-11-4-2-9(3-5-11)8-21(18,19)14-12(15)6-10(17)7-13(14)16/h2-7H,8,17H2,1H3. The molecule has 0 amide bonds. The summed E-state index contributed by atoms with van der Waals surface area (Å²) in [5.74, 6) is -2.35. The lowest BCUT2D eigenvalue weighted by Crippen LogP contribution is -2.10. The van der Waals surface area contributed by atoms with E-state index in [0.717, 1.165) is 12.1 Å². The molecule has 0 bridgehead atoms. The summed E-state index contributed by atoms with van der Waals surface area (Å²) in [7, 11) is -2.68. The topological polar surface area (TPSA) is 69.4 Å². The number of rotatable bonds is 4. The number of anilines is 1. The van der Waals surface area contributed by atoms with Gasteiger partial charge >= 0.3 is 0 Å². The highest BCUT2D eigenvalue weighted by Crippen LogP contribution is 2.25. The number of nitrogens with two attached hydrogens (primary N) is 1. The van der Waals surface area contributed by atoms with E-state index in [2.05, 4.69) is 0 Å². The minimum Gasteiger partial charge on any atom is -0.497 e. The highest BCUT2D eigenvalue weighted by atomic mass is 32.2. The highest BCUT2D eigenvalue weighted by molar-refractivity contribution is 7.90. The van der Waals surface area contributed by atoms with Crippen molar-refractivity contribution in [1.82, 2.24) is 0 Å². The predicted octanol–water partition coefficient (Wildman–Crippen LogP) is 2.53. The van der Waals surface area contributed by atoms with Crippen molar-refractivity contribution < 1.29 is 21.9 Å². The molecule has 0 aliphatic carbocycles. The second-order valence-corrected chi connectivity index (χ2v) is 6.35. The van der Waals surface area contributed by atoms with Crippen molar-refractivity contribution >= 4 is 15.5 Å². The van der Waals surface area contributed by atoms with Crippen molar-refractivity contribution in [1.29, 1.82) is 0 Å². The van der Waals surface area contributed by atoms with Crippen LogP contribution < -0.4 is 10.5 Å². The quantitative estimate of drug-likeness (QED) is 0.881. The van der Waals surface area contributed by atoms with Gasteiger partial charge in [0.2, 0.25) is 0 Å². The van der Waals surface area contributed by atoms with Crippen LogP contribution in [0.4, 0.5) is 14.5 Å². The normalized spacial score (nSPS) is 11.4. The molecule has 0 aromatic heterocycles. The number of hydrogen-bond acceptors (Lipinski definition) is 4. The average molecular weight is 313 g/mol. The van der Waals surface area contributed by atoms with Crippen molar-refractivity contribution in [3.8, 4) is 5.75 Å². The van der Waals surface area contributed by atoms with Crippen LogP contribution in [0, 0.1) is 11.6 Å². The second-order valence-electron chi connectivity index (χ2n) is 4.42. The average Bonchev–Trinajstić information content (AvgIpc) is 2.37. The maximum atomic E-state index is 13.7.